The Morgan fingerprint density at radius 2 is 1.90 bits per heavy atom. The number of carbonyl (C=O) groups excluding carboxylic acids is 1. The van der Waals surface area contributed by atoms with Gasteiger partial charge < -0.3 is 4.90 Å². The molecule has 0 spiro atoms. The van der Waals surface area contributed by atoms with Gasteiger partial charge in [-0.25, -0.2) is 22.2 Å². The SMILES string of the molecule is CNS(=O)(=O)c1ccc2c(c1)CCN2C(=O)c1nnn(-c2ccc(F)cc2)c1C. The zero-order valence-electron chi connectivity index (χ0n) is 15.8. The summed E-state index contributed by atoms with van der Waals surface area (Å²) >= 11 is 0. The van der Waals surface area contributed by atoms with Crippen LogP contribution in [0, 0.1) is 12.7 Å². The van der Waals surface area contributed by atoms with Gasteiger partial charge in [-0.2, -0.15) is 0 Å². The number of anilines is 1. The lowest BCUT2D eigenvalue weighted by Crippen LogP contribution is -2.30. The molecule has 0 fully saturated rings. The lowest BCUT2D eigenvalue weighted by atomic mass is 10.2. The maximum absolute atomic E-state index is 13.2. The summed E-state index contributed by atoms with van der Waals surface area (Å²) in [5.41, 5.74) is 2.75. The van der Waals surface area contributed by atoms with E-state index in [1.165, 1.54) is 29.9 Å². The van der Waals surface area contributed by atoms with Crippen molar-refractivity contribution in [2.24, 2.45) is 0 Å². The highest BCUT2D eigenvalue weighted by Crippen LogP contribution is 2.31. The summed E-state index contributed by atoms with van der Waals surface area (Å²) in [7, 11) is -2.20. The van der Waals surface area contributed by atoms with E-state index in [0.29, 0.717) is 30.0 Å². The number of amides is 1. The van der Waals surface area contributed by atoms with E-state index in [1.54, 1.807) is 36.1 Å². The van der Waals surface area contributed by atoms with Gasteiger partial charge in [0.15, 0.2) is 5.69 Å². The molecule has 29 heavy (non-hydrogen) atoms. The third-order valence-corrected chi connectivity index (χ3v) is 6.35. The quantitative estimate of drug-likeness (QED) is 0.701. The van der Waals surface area contributed by atoms with Crippen molar-refractivity contribution in [2.45, 2.75) is 18.2 Å². The number of hydrogen-bond donors (Lipinski definition) is 1. The Bertz CT molecular complexity index is 1210. The summed E-state index contributed by atoms with van der Waals surface area (Å²) < 4.78 is 40.9. The number of fused-ring (bicyclic) bond motifs is 1. The highest BCUT2D eigenvalue weighted by Gasteiger charge is 2.30. The summed E-state index contributed by atoms with van der Waals surface area (Å²) in [6.07, 6.45) is 0.541. The maximum atomic E-state index is 13.2. The first-order valence-electron chi connectivity index (χ1n) is 8.88. The molecule has 1 aromatic heterocycles. The number of nitrogens with one attached hydrogen (secondary N) is 1. The second kappa shape index (κ2) is 7.05. The van der Waals surface area contributed by atoms with Gasteiger partial charge in [-0.1, -0.05) is 5.21 Å². The predicted octanol–water partition coefficient (Wildman–Crippen LogP) is 1.83. The van der Waals surface area contributed by atoms with Crippen molar-refractivity contribution in [3.8, 4) is 5.69 Å². The van der Waals surface area contributed by atoms with Crippen LogP contribution in [0.1, 0.15) is 21.7 Å². The average Bonchev–Trinajstić information content (AvgIpc) is 3.31. The van der Waals surface area contributed by atoms with Crippen molar-refractivity contribution in [3.63, 3.8) is 0 Å². The second-order valence-corrected chi connectivity index (χ2v) is 8.50. The number of rotatable bonds is 4. The first-order valence-corrected chi connectivity index (χ1v) is 10.4. The highest BCUT2D eigenvalue weighted by molar-refractivity contribution is 7.89. The van der Waals surface area contributed by atoms with Crippen LogP contribution in [0.3, 0.4) is 0 Å². The van der Waals surface area contributed by atoms with Gasteiger partial charge in [0.25, 0.3) is 5.91 Å². The van der Waals surface area contributed by atoms with Crippen molar-refractivity contribution in [1.82, 2.24) is 19.7 Å². The molecule has 1 aliphatic heterocycles. The van der Waals surface area contributed by atoms with Crippen LogP contribution in [0.15, 0.2) is 47.4 Å². The summed E-state index contributed by atoms with van der Waals surface area (Å²) in [5, 5.41) is 8.05. The standard InChI is InChI=1S/C19H18FN5O3S/c1-12-18(22-23-25(12)15-5-3-14(20)4-6-15)19(26)24-10-9-13-11-16(7-8-17(13)24)29(27,28)21-2/h3-8,11,21H,9-10H2,1-2H3. The molecule has 2 heterocycles. The molecule has 8 nitrogen and oxygen atoms in total. The van der Waals surface area contributed by atoms with E-state index in [-0.39, 0.29) is 22.3 Å². The summed E-state index contributed by atoms with van der Waals surface area (Å²) in [5.74, 6) is -0.685. The van der Waals surface area contributed by atoms with E-state index in [0.717, 1.165) is 5.56 Å². The molecular weight excluding hydrogens is 397 g/mol. The molecule has 2 aromatic carbocycles. The Morgan fingerprint density at radius 3 is 2.59 bits per heavy atom. The van der Waals surface area contributed by atoms with Gasteiger partial charge in [-0.15, -0.1) is 5.10 Å². The van der Waals surface area contributed by atoms with E-state index >= 15 is 0 Å². The Balaban J connectivity index is 1.65. The van der Waals surface area contributed by atoms with Crippen molar-refractivity contribution in [1.29, 1.82) is 0 Å². The minimum absolute atomic E-state index is 0.159. The van der Waals surface area contributed by atoms with Gasteiger partial charge in [-0.3, -0.25) is 4.79 Å². The minimum Gasteiger partial charge on any atom is -0.306 e. The van der Waals surface area contributed by atoms with E-state index < -0.39 is 10.0 Å². The van der Waals surface area contributed by atoms with Crippen LogP contribution in [-0.2, 0) is 16.4 Å². The van der Waals surface area contributed by atoms with E-state index in [1.807, 2.05) is 0 Å². The molecule has 0 radical (unpaired) electrons. The van der Waals surface area contributed by atoms with Crippen molar-refractivity contribution < 1.29 is 17.6 Å². The highest BCUT2D eigenvalue weighted by atomic mass is 32.2. The molecule has 1 amide bonds. The number of nitrogens with zero attached hydrogens (tertiary/aromatic N) is 4. The molecule has 1 N–H and O–H groups in total. The summed E-state index contributed by atoms with van der Waals surface area (Å²) in [6.45, 7) is 2.14. The fourth-order valence-corrected chi connectivity index (χ4v) is 4.14. The third-order valence-electron chi connectivity index (χ3n) is 4.94. The molecular formula is C19H18FN5O3S. The topological polar surface area (TPSA) is 97.2 Å². The zero-order valence-corrected chi connectivity index (χ0v) is 16.6. The van der Waals surface area contributed by atoms with E-state index in [2.05, 4.69) is 15.0 Å². The van der Waals surface area contributed by atoms with Gasteiger partial charge in [0, 0.05) is 12.2 Å². The van der Waals surface area contributed by atoms with Crippen molar-refractivity contribution in [3.05, 3.63) is 65.2 Å². The lowest BCUT2D eigenvalue weighted by molar-refractivity contribution is 0.0984. The number of halogens is 1. The molecule has 0 atom stereocenters. The maximum Gasteiger partial charge on any atom is 0.280 e. The number of carbonyl (C=O) groups is 1. The number of hydrogen-bond acceptors (Lipinski definition) is 5. The number of benzene rings is 2. The monoisotopic (exact) mass is 415 g/mol. The Labute approximate surface area is 167 Å². The first-order chi connectivity index (χ1) is 13.8. The molecule has 150 valence electrons. The molecule has 4 rings (SSSR count). The molecule has 0 bridgehead atoms. The van der Waals surface area contributed by atoms with Gasteiger partial charge in [0.2, 0.25) is 10.0 Å². The summed E-state index contributed by atoms with van der Waals surface area (Å²) in [4.78, 5) is 14.8. The molecule has 0 unspecified atom stereocenters. The van der Waals surface area contributed by atoms with Gasteiger partial charge >= 0.3 is 0 Å². The van der Waals surface area contributed by atoms with Crippen LogP contribution in [0.25, 0.3) is 5.69 Å². The van der Waals surface area contributed by atoms with Gasteiger partial charge in [-0.05, 0) is 68.4 Å². The zero-order chi connectivity index (χ0) is 20.8. The van der Waals surface area contributed by atoms with Crippen LogP contribution in [0.5, 0.6) is 0 Å². The molecule has 0 saturated heterocycles. The smallest absolute Gasteiger partial charge is 0.280 e. The largest absolute Gasteiger partial charge is 0.306 e. The molecule has 1 aliphatic rings. The number of aromatic nitrogens is 3. The fraction of sp³-hybridized carbons (Fsp3) is 0.211. The van der Waals surface area contributed by atoms with Crippen LogP contribution in [0.4, 0.5) is 10.1 Å². The van der Waals surface area contributed by atoms with Crippen LogP contribution in [-0.4, -0.2) is 42.9 Å². The average molecular weight is 415 g/mol. The Kier molecular flexibility index (Phi) is 4.67. The lowest BCUT2D eigenvalue weighted by Gasteiger charge is -2.16. The number of sulfonamides is 1. The molecule has 0 saturated carbocycles. The second-order valence-electron chi connectivity index (χ2n) is 6.62. The van der Waals surface area contributed by atoms with E-state index in [9.17, 15) is 17.6 Å². The minimum atomic E-state index is -3.55. The van der Waals surface area contributed by atoms with Crippen molar-refractivity contribution >= 4 is 21.6 Å². The molecule has 10 heteroatoms. The normalized spacial score (nSPS) is 13.6. The predicted molar refractivity (Wildman–Crippen MR) is 104 cm³/mol. The van der Waals surface area contributed by atoms with Crippen LogP contribution >= 0.6 is 0 Å². The van der Waals surface area contributed by atoms with Gasteiger partial charge in [0.1, 0.15) is 5.82 Å². The van der Waals surface area contributed by atoms with Crippen molar-refractivity contribution in [2.75, 3.05) is 18.5 Å². The molecule has 3 aromatic rings. The summed E-state index contributed by atoms with van der Waals surface area (Å²) in [6, 6.07) is 10.4. The first kappa shape index (κ1) is 19.2. The molecule has 0 aliphatic carbocycles. The fourth-order valence-electron chi connectivity index (χ4n) is 3.36. The Morgan fingerprint density at radius 1 is 1.17 bits per heavy atom. The van der Waals surface area contributed by atoms with Crippen LogP contribution in [0.2, 0.25) is 0 Å². The third kappa shape index (κ3) is 3.30. The van der Waals surface area contributed by atoms with Gasteiger partial charge in [0.05, 0.1) is 16.3 Å². The van der Waals surface area contributed by atoms with E-state index in [4.69, 9.17) is 0 Å². The Hall–Kier alpha value is -3.11. The van der Waals surface area contributed by atoms with Crippen LogP contribution < -0.4 is 9.62 Å².